The van der Waals surface area contributed by atoms with E-state index in [4.69, 9.17) is 23.4 Å². The molecule has 2 saturated heterocycles. The first-order valence-electron chi connectivity index (χ1n) is 25.3. The van der Waals surface area contributed by atoms with Crippen molar-refractivity contribution in [3.05, 3.63) is 29.3 Å². The van der Waals surface area contributed by atoms with Crippen LogP contribution in [0.3, 0.4) is 0 Å². The van der Waals surface area contributed by atoms with E-state index >= 15 is 4.79 Å². The number of hydrogen-bond donors (Lipinski definition) is 0. The zero-order valence-electron chi connectivity index (χ0n) is 39.0. The number of Topliss-reactive ketones (excluding diaryl/α,β-unsaturated/α-hetero) is 1. The maximum Gasteiger partial charge on any atom is 0.250 e. The van der Waals surface area contributed by atoms with Crippen molar-refractivity contribution in [2.24, 2.45) is 22.7 Å². The summed E-state index contributed by atoms with van der Waals surface area (Å²) in [5.74, 6) is 3.47. The molecule has 6 atom stereocenters. The third kappa shape index (κ3) is 12.7. The highest BCUT2D eigenvalue weighted by Crippen LogP contribution is 2.65. The van der Waals surface area contributed by atoms with E-state index in [9.17, 15) is 0 Å². The highest BCUT2D eigenvalue weighted by Gasteiger charge is 2.63. The van der Waals surface area contributed by atoms with Gasteiger partial charge in [0.05, 0.1) is 0 Å². The maximum atomic E-state index is 15.1. The average molecular weight is 837 g/mol. The monoisotopic (exact) mass is 837 g/mol. The van der Waals surface area contributed by atoms with Crippen molar-refractivity contribution < 1.29 is 28.2 Å². The predicted octanol–water partition coefficient (Wildman–Crippen LogP) is 14.4. The summed E-state index contributed by atoms with van der Waals surface area (Å²) in [4.78, 5) is 15.1. The van der Waals surface area contributed by atoms with E-state index in [1.54, 1.807) is 5.56 Å². The number of carbonyl (C=O) groups is 1. The summed E-state index contributed by atoms with van der Waals surface area (Å²) < 4.78 is 30.2. The standard InChI is InChI=1S/C52H88O6Si/c1-50(2,3)59(5,6)58-42-28-30-43-41(39-42)27-29-45-44(43)31-34-51(4)46(45)40-52(49(51)53,32-19-13-9-7-11-15-21-35-54-47-25-17-23-37-56-47)33-20-14-10-8-12-16-22-36-55-48-26-18-24-38-57-48/h28,30,39,44-48H,7-27,29,31-38,40H2,1-6H3/t44-,45-,46+,47?,48?,51+,52?/m1/s1. The number of unbranched alkanes of at least 4 members (excludes halogenated alkanes) is 12. The lowest BCUT2D eigenvalue weighted by molar-refractivity contribution is -0.163. The first kappa shape index (κ1) is 47.2. The summed E-state index contributed by atoms with van der Waals surface area (Å²) in [6, 6.07) is 7.10. The molecule has 1 aromatic carbocycles. The lowest BCUT2D eigenvalue weighted by atomic mass is 9.55. The Kier molecular flexibility index (Phi) is 17.9. The second-order valence-corrected chi connectivity index (χ2v) is 26.4. The number of ether oxygens (including phenoxy) is 4. The Morgan fingerprint density at radius 3 is 1.78 bits per heavy atom. The molecule has 6 nitrogen and oxygen atoms in total. The van der Waals surface area contributed by atoms with Gasteiger partial charge in [-0.05, 0) is 155 Å². The Labute approximate surface area is 362 Å². The SMILES string of the molecule is CC(C)(C)[Si](C)(C)Oc1ccc2c(c1)CC[C@@H]1[C@@H]2CC[C@]2(C)C(=O)C(CCCCCCCCCOC3CCCCO3)(CCCCCCCCCOC3CCCCO3)C[C@@H]12. The fourth-order valence-electron chi connectivity index (χ4n) is 11.7. The van der Waals surface area contributed by atoms with Crippen LogP contribution in [0.5, 0.6) is 5.75 Å². The van der Waals surface area contributed by atoms with Gasteiger partial charge in [0.2, 0.25) is 8.32 Å². The van der Waals surface area contributed by atoms with Gasteiger partial charge in [0, 0.05) is 37.3 Å². The molecule has 2 aliphatic heterocycles. The van der Waals surface area contributed by atoms with Gasteiger partial charge in [-0.1, -0.05) is 111 Å². The smallest absolute Gasteiger partial charge is 0.250 e. The highest BCUT2D eigenvalue weighted by atomic mass is 28.4. The molecule has 1 aromatic rings. The van der Waals surface area contributed by atoms with Crippen LogP contribution in [0.2, 0.25) is 18.1 Å². The Hall–Kier alpha value is -1.25. The summed E-state index contributed by atoms with van der Waals surface area (Å²) in [5, 5.41) is 0.183. The molecule has 0 N–H and O–H groups in total. The molecule has 7 heteroatoms. The molecule has 2 saturated carbocycles. The van der Waals surface area contributed by atoms with Crippen LogP contribution in [0.1, 0.15) is 212 Å². The minimum absolute atomic E-state index is 0.0400. The van der Waals surface area contributed by atoms with Crippen LogP contribution in [0.25, 0.3) is 0 Å². The number of carbonyl (C=O) groups excluding carboxylic acids is 1. The summed E-state index contributed by atoms with van der Waals surface area (Å²) in [6.45, 7) is 17.5. The fourth-order valence-corrected chi connectivity index (χ4v) is 12.8. The van der Waals surface area contributed by atoms with E-state index in [0.29, 0.717) is 23.5 Å². The average Bonchev–Trinajstić information content (AvgIpc) is 3.45. The van der Waals surface area contributed by atoms with E-state index < -0.39 is 8.32 Å². The van der Waals surface area contributed by atoms with Crippen LogP contribution in [-0.2, 0) is 30.2 Å². The van der Waals surface area contributed by atoms with E-state index in [1.807, 2.05) is 0 Å². The van der Waals surface area contributed by atoms with E-state index in [2.05, 4.69) is 59.0 Å². The van der Waals surface area contributed by atoms with Crippen LogP contribution in [0.15, 0.2) is 18.2 Å². The molecule has 336 valence electrons. The van der Waals surface area contributed by atoms with Gasteiger partial charge < -0.3 is 23.4 Å². The molecular weight excluding hydrogens is 749 g/mol. The third-order valence-corrected chi connectivity index (χ3v) is 20.7. The molecule has 5 aliphatic rings. The zero-order chi connectivity index (χ0) is 41.8. The zero-order valence-corrected chi connectivity index (χ0v) is 40.0. The highest BCUT2D eigenvalue weighted by molar-refractivity contribution is 6.74. The Bertz CT molecular complexity index is 1370. The van der Waals surface area contributed by atoms with Crippen LogP contribution in [-0.4, -0.2) is 53.1 Å². The van der Waals surface area contributed by atoms with Gasteiger partial charge >= 0.3 is 0 Å². The Balaban J connectivity index is 0.998. The summed E-state index contributed by atoms with van der Waals surface area (Å²) in [7, 11) is -1.89. The molecule has 0 amide bonds. The lowest BCUT2D eigenvalue weighted by Gasteiger charge is -2.48. The number of fused-ring (bicyclic) bond motifs is 5. The second kappa shape index (κ2) is 22.4. The van der Waals surface area contributed by atoms with Crippen molar-refractivity contribution in [1.29, 1.82) is 0 Å². The van der Waals surface area contributed by atoms with Gasteiger partial charge in [0.15, 0.2) is 12.6 Å². The van der Waals surface area contributed by atoms with Crippen LogP contribution >= 0.6 is 0 Å². The quantitative estimate of drug-likeness (QED) is 0.0763. The number of aryl methyl sites for hydroxylation is 1. The van der Waals surface area contributed by atoms with Gasteiger partial charge in [0.25, 0.3) is 0 Å². The molecule has 2 heterocycles. The largest absolute Gasteiger partial charge is 0.543 e. The van der Waals surface area contributed by atoms with Crippen LogP contribution in [0.4, 0.5) is 0 Å². The summed E-state index contributed by atoms with van der Waals surface area (Å²) in [5.41, 5.74) is 2.81. The topological polar surface area (TPSA) is 63.2 Å². The minimum Gasteiger partial charge on any atom is -0.543 e. The molecule has 0 bridgehead atoms. The van der Waals surface area contributed by atoms with Crippen molar-refractivity contribution in [3.63, 3.8) is 0 Å². The predicted molar refractivity (Wildman–Crippen MR) is 245 cm³/mol. The first-order chi connectivity index (χ1) is 28.4. The molecule has 4 fully saturated rings. The van der Waals surface area contributed by atoms with Gasteiger partial charge in [0.1, 0.15) is 11.5 Å². The van der Waals surface area contributed by atoms with E-state index in [-0.39, 0.29) is 28.4 Å². The molecule has 59 heavy (non-hydrogen) atoms. The first-order valence-corrected chi connectivity index (χ1v) is 28.2. The molecule has 0 radical (unpaired) electrons. The van der Waals surface area contributed by atoms with Gasteiger partial charge in [-0.15, -0.1) is 0 Å². The van der Waals surface area contributed by atoms with Gasteiger partial charge in [-0.25, -0.2) is 0 Å². The van der Waals surface area contributed by atoms with Crippen molar-refractivity contribution in [1.82, 2.24) is 0 Å². The summed E-state index contributed by atoms with van der Waals surface area (Å²) >= 11 is 0. The number of benzene rings is 1. The lowest BCUT2D eigenvalue weighted by Crippen LogP contribution is -2.44. The maximum absolute atomic E-state index is 15.1. The number of ketones is 1. The third-order valence-electron chi connectivity index (χ3n) is 16.4. The van der Waals surface area contributed by atoms with E-state index in [0.717, 1.165) is 96.4 Å². The molecule has 0 aromatic heterocycles. The van der Waals surface area contributed by atoms with Crippen LogP contribution in [0, 0.1) is 22.7 Å². The van der Waals surface area contributed by atoms with Crippen molar-refractivity contribution >= 4 is 14.1 Å². The van der Waals surface area contributed by atoms with Crippen molar-refractivity contribution in [2.75, 3.05) is 26.4 Å². The molecule has 6 rings (SSSR count). The normalized spacial score (nSPS) is 29.9. The second-order valence-electron chi connectivity index (χ2n) is 21.7. The van der Waals surface area contributed by atoms with Crippen molar-refractivity contribution in [3.8, 4) is 5.75 Å². The molecule has 2 unspecified atom stereocenters. The fraction of sp³-hybridized carbons (Fsp3) is 0.865. The Morgan fingerprint density at radius 2 is 1.25 bits per heavy atom. The minimum atomic E-state index is -1.89. The number of rotatable bonds is 24. The number of hydrogen-bond acceptors (Lipinski definition) is 6. The van der Waals surface area contributed by atoms with Gasteiger partial charge in [-0.3, -0.25) is 4.79 Å². The van der Waals surface area contributed by atoms with Crippen LogP contribution < -0.4 is 4.43 Å². The molecular formula is C52H88O6Si. The Morgan fingerprint density at radius 1 is 0.712 bits per heavy atom. The molecule has 3 aliphatic carbocycles. The molecule has 0 spiro atoms. The summed E-state index contributed by atoms with van der Waals surface area (Å²) in [6.07, 6.45) is 32.4. The van der Waals surface area contributed by atoms with Gasteiger partial charge in [-0.2, -0.15) is 0 Å². The van der Waals surface area contributed by atoms with Crippen molar-refractivity contribution in [2.45, 2.75) is 238 Å². The van der Waals surface area contributed by atoms with E-state index in [1.165, 1.54) is 115 Å².